The lowest BCUT2D eigenvalue weighted by molar-refractivity contribution is 0.0697. The fraction of sp³-hybridized carbons (Fsp3) is 0.200. The van der Waals surface area contributed by atoms with Gasteiger partial charge >= 0.3 is 5.97 Å². The fourth-order valence-electron chi connectivity index (χ4n) is 1.22. The molecule has 0 aliphatic rings. The van der Waals surface area contributed by atoms with Crippen molar-refractivity contribution in [3.05, 3.63) is 23.8 Å². The molecule has 1 heterocycles. The molecular formula is C10H9NO3S. The molecule has 4 nitrogen and oxygen atoms in total. The lowest BCUT2D eigenvalue weighted by Crippen LogP contribution is -1.94. The maximum atomic E-state index is 10.7. The van der Waals surface area contributed by atoms with Gasteiger partial charge in [0.05, 0.1) is 22.4 Å². The largest absolute Gasteiger partial charge is 0.478 e. The molecule has 1 aromatic heterocycles. The molecule has 0 saturated heterocycles. The second-order valence-electron chi connectivity index (χ2n) is 2.90. The summed E-state index contributed by atoms with van der Waals surface area (Å²) in [6.45, 7) is 2.44. The van der Waals surface area contributed by atoms with E-state index in [9.17, 15) is 4.79 Å². The average Bonchev–Trinajstić information content (AvgIpc) is 2.59. The monoisotopic (exact) mass is 223 g/mol. The minimum absolute atomic E-state index is 0.272. The van der Waals surface area contributed by atoms with E-state index in [1.807, 2.05) is 6.92 Å². The highest BCUT2D eigenvalue weighted by Crippen LogP contribution is 2.28. The summed E-state index contributed by atoms with van der Waals surface area (Å²) in [5.74, 6) is -0.928. The zero-order valence-electron chi connectivity index (χ0n) is 8.06. The summed E-state index contributed by atoms with van der Waals surface area (Å²) in [5, 5.41) is 9.39. The summed E-state index contributed by atoms with van der Waals surface area (Å²) in [6.07, 6.45) is 0. The third-order valence-corrected chi connectivity index (χ3v) is 2.81. The van der Waals surface area contributed by atoms with Crippen LogP contribution in [0.1, 0.15) is 17.3 Å². The van der Waals surface area contributed by atoms with Crippen LogP contribution >= 0.6 is 11.3 Å². The second-order valence-corrected chi connectivity index (χ2v) is 3.89. The number of benzene rings is 1. The zero-order valence-corrected chi connectivity index (χ0v) is 8.87. The number of fused-ring (bicyclic) bond motifs is 1. The minimum atomic E-state index is -0.928. The van der Waals surface area contributed by atoms with Crippen molar-refractivity contribution in [2.75, 3.05) is 6.61 Å². The maximum Gasteiger partial charge on any atom is 0.335 e. The van der Waals surface area contributed by atoms with E-state index < -0.39 is 5.97 Å². The number of ether oxygens (including phenoxy) is 1. The van der Waals surface area contributed by atoms with Gasteiger partial charge in [-0.15, -0.1) is 0 Å². The van der Waals surface area contributed by atoms with E-state index in [-0.39, 0.29) is 5.56 Å². The van der Waals surface area contributed by atoms with Gasteiger partial charge in [0, 0.05) is 0 Å². The highest BCUT2D eigenvalue weighted by molar-refractivity contribution is 7.20. The Morgan fingerprint density at radius 2 is 2.40 bits per heavy atom. The average molecular weight is 223 g/mol. The molecule has 15 heavy (non-hydrogen) atoms. The Balaban J connectivity index is 2.47. The highest BCUT2D eigenvalue weighted by atomic mass is 32.1. The van der Waals surface area contributed by atoms with E-state index in [1.54, 1.807) is 18.2 Å². The Kier molecular flexibility index (Phi) is 2.55. The number of aromatic carboxylic acids is 1. The highest BCUT2D eigenvalue weighted by Gasteiger charge is 2.08. The number of aromatic nitrogens is 1. The Labute approximate surface area is 90.1 Å². The molecule has 2 rings (SSSR count). The van der Waals surface area contributed by atoms with Crippen molar-refractivity contribution in [3.63, 3.8) is 0 Å². The fourth-order valence-corrected chi connectivity index (χ4v) is 2.13. The van der Waals surface area contributed by atoms with Crippen LogP contribution in [0, 0.1) is 0 Å². The SMILES string of the molecule is CCOc1nc2ccc(C(=O)O)cc2s1. The van der Waals surface area contributed by atoms with Gasteiger partial charge in [-0.1, -0.05) is 11.3 Å². The first kappa shape index (κ1) is 9.92. The number of hydrogen-bond acceptors (Lipinski definition) is 4. The Morgan fingerprint density at radius 1 is 1.60 bits per heavy atom. The molecular weight excluding hydrogens is 214 g/mol. The van der Waals surface area contributed by atoms with Crippen LogP contribution in [0.25, 0.3) is 10.2 Å². The summed E-state index contributed by atoms with van der Waals surface area (Å²) >= 11 is 1.36. The van der Waals surface area contributed by atoms with Crippen molar-refractivity contribution in [3.8, 4) is 5.19 Å². The molecule has 0 amide bonds. The van der Waals surface area contributed by atoms with Gasteiger partial charge in [0.2, 0.25) is 0 Å². The predicted octanol–water partition coefficient (Wildman–Crippen LogP) is 2.39. The van der Waals surface area contributed by atoms with Crippen LogP contribution in [0.4, 0.5) is 0 Å². The first-order valence-electron chi connectivity index (χ1n) is 4.47. The number of rotatable bonds is 3. The van der Waals surface area contributed by atoms with Crippen molar-refractivity contribution in [2.24, 2.45) is 0 Å². The predicted molar refractivity (Wildman–Crippen MR) is 57.7 cm³/mol. The van der Waals surface area contributed by atoms with Gasteiger partial charge in [0.25, 0.3) is 5.19 Å². The Bertz CT molecular complexity index is 506. The van der Waals surface area contributed by atoms with Gasteiger partial charge in [0.15, 0.2) is 0 Å². The quantitative estimate of drug-likeness (QED) is 0.867. The number of carboxylic acids is 1. The molecule has 1 N–H and O–H groups in total. The molecule has 0 radical (unpaired) electrons. The topological polar surface area (TPSA) is 59.4 Å². The molecule has 0 unspecified atom stereocenters. The van der Waals surface area contributed by atoms with Gasteiger partial charge in [0.1, 0.15) is 0 Å². The van der Waals surface area contributed by atoms with Gasteiger partial charge < -0.3 is 9.84 Å². The number of carboxylic acid groups (broad SMARTS) is 1. The number of hydrogen-bond donors (Lipinski definition) is 1. The lowest BCUT2D eigenvalue weighted by Gasteiger charge is -1.92. The molecule has 0 atom stereocenters. The molecule has 0 spiro atoms. The molecule has 0 fully saturated rings. The standard InChI is InChI=1S/C10H9NO3S/c1-2-14-10-11-7-4-3-6(9(12)13)5-8(7)15-10/h3-5H,2H2,1H3,(H,12,13). The summed E-state index contributed by atoms with van der Waals surface area (Å²) in [6, 6.07) is 4.84. The van der Waals surface area contributed by atoms with E-state index in [1.165, 1.54) is 11.3 Å². The van der Waals surface area contributed by atoms with Gasteiger partial charge in [-0.05, 0) is 25.1 Å². The molecule has 2 aromatic rings. The van der Waals surface area contributed by atoms with E-state index in [4.69, 9.17) is 9.84 Å². The van der Waals surface area contributed by atoms with E-state index in [0.29, 0.717) is 11.8 Å². The van der Waals surface area contributed by atoms with Crippen LogP contribution in [0.5, 0.6) is 5.19 Å². The minimum Gasteiger partial charge on any atom is -0.478 e. The summed E-state index contributed by atoms with van der Waals surface area (Å²) in [5.41, 5.74) is 1.04. The van der Waals surface area contributed by atoms with Crippen LogP contribution in [-0.4, -0.2) is 22.7 Å². The van der Waals surface area contributed by atoms with Gasteiger partial charge in [-0.3, -0.25) is 0 Å². The third-order valence-electron chi connectivity index (χ3n) is 1.88. The lowest BCUT2D eigenvalue weighted by atomic mass is 10.2. The van der Waals surface area contributed by atoms with E-state index in [2.05, 4.69) is 4.98 Å². The number of nitrogens with zero attached hydrogens (tertiary/aromatic N) is 1. The Hall–Kier alpha value is -1.62. The number of carbonyl (C=O) groups is 1. The summed E-state index contributed by atoms with van der Waals surface area (Å²) in [4.78, 5) is 14.9. The first-order chi connectivity index (χ1) is 7.20. The van der Waals surface area contributed by atoms with E-state index >= 15 is 0 Å². The second kappa shape index (κ2) is 3.86. The van der Waals surface area contributed by atoms with Gasteiger partial charge in [-0.2, -0.15) is 0 Å². The molecule has 0 aliphatic carbocycles. The zero-order chi connectivity index (χ0) is 10.8. The van der Waals surface area contributed by atoms with Crippen LogP contribution in [0.15, 0.2) is 18.2 Å². The maximum absolute atomic E-state index is 10.7. The summed E-state index contributed by atoms with van der Waals surface area (Å²) in [7, 11) is 0. The van der Waals surface area contributed by atoms with Crippen molar-refractivity contribution in [1.29, 1.82) is 0 Å². The summed E-state index contributed by atoms with van der Waals surface area (Å²) < 4.78 is 6.08. The van der Waals surface area contributed by atoms with Crippen molar-refractivity contribution < 1.29 is 14.6 Å². The van der Waals surface area contributed by atoms with Crippen LogP contribution < -0.4 is 4.74 Å². The van der Waals surface area contributed by atoms with Crippen LogP contribution in [0.3, 0.4) is 0 Å². The van der Waals surface area contributed by atoms with Crippen molar-refractivity contribution in [2.45, 2.75) is 6.92 Å². The van der Waals surface area contributed by atoms with Gasteiger partial charge in [-0.25, -0.2) is 9.78 Å². The Morgan fingerprint density at radius 3 is 3.07 bits per heavy atom. The van der Waals surface area contributed by atoms with Crippen molar-refractivity contribution in [1.82, 2.24) is 4.98 Å². The molecule has 0 bridgehead atoms. The third kappa shape index (κ3) is 1.92. The first-order valence-corrected chi connectivity index (χ1v) is 5.29. The normalized spacial score (nSPS) is 10.5. The van der Waals surface area contributed by atoms with E-state index in [0.717, 1.165) is 10.2 Å². The molecule has 5 heteroatoms. The molecule has 0 saturated carbocycles. The van der Waals surface area contributed by atoms with Crippen LogP contribution in [0.2, 0.25) is 0 Å². The van der Waals surface area contributed by atoms with Crippen LogP contribution in [-0.2, 0) is 0 Å². The molecule has 1 aromatic carbocycles. The smallest absolute Gasteiger partial charge is 0.335 e. The number of thiazole rings is 1. The molecule has 78 valence electrons. The molecule has 0 aliphatic heterocycles. The van der Waals surface area contributed by atoms with Crippen molar-refractivity contribution >= 4 is 27.5 Å².